The van der Waals surface area contributed by atoms with Gasteiger partial charge in [-0.15, -0.1) is 0 Å². The molecular formula is C14H24N2. The van der Waals surface area contributed by atoms with Gasteiger partial charge in [0.1, 0.15) is 0 Å². The maximum Gasteiger partial charge on any atom is 0.0208 e. The largest absolute Gasteiger partial charge is 0.320 e. The van der Waals surface area contributed by atoms with E-state index in [0.29, 0.717) is 0 Å². The predicted molar refractivity (Wildman–Crippen MR) is 70.8 cm³/mol. The smallest absolute Gasteiger partial charge is 0.0208 e. The standard InChI is InChI=1S/C14H24N2/c1-12-6-7-14(13(2)10-12)11-16-9-5-4-8-15-3/h6-7,10,15-16H,4-5,8-9,11H2,1-3H3. The van der Waals surface area contributed by atoms with Crippen molar-refractivity contribution in [2.75, 3.05) is 20.1 Å². The zero-order valence-corrected chi connectivity index (χ0v) is 10.8. The third-order valence-electron chi connectivity index (χ3n) is 2.84. The van der Waals surface area contributed by atoms with Crippen LogP contribution in [0.3, 0.4) is 0 Å². The molecule has 0 bridgehead atoms. The summed E-state index contributed by atoms with van der Waals surface area (Å²) in [5.74, 6) is 0. The van der Waals surface area contributed by atoms with Gasteiger partial charge in [-0.05, 0) is 58.0 Å². The number of nitrogens with one attached hydrogen (secondary N) is 2. The molecule has 0 aliphatic carbocycles. The molecule has 0 fully saturated rings. The minimum Gasteiger partial charge on any atom is -0.320 e. The van der Waals surface area contributed by atoms with Gasteiger partial charge in [-0.1, -0.05) is 23.8 Å². The van der Waals surface area contributed by atoms with Crippen molar-refractivity contribution >= 4 is 0 Å². The van der Waals surface area contributed by atoms with E-state index >= 15 is 0 Å². The van der Waals surface area contributed by atoms with Gasteiger partial charge in [0.15, 0.2) is 0 Å². The van der Waals surface area contributed by atoms with E-state index in [4.69, 9.17) is 0 Å². The van der Waals surface area contributed by atoms with Crippen molar-refractivity contribution in [3.63, 3.8) is 0 Å². The first-order chi connectivity index (χ1) is 7.74. The molecule has 1 rings (SSSR count). The van der Waals surface area contributed by atoms with Gasteiger partial charge >= 0.3 is 0 Å². The molecule has 0 amide bonds. The first-order valence-corrected chi connectivity index (χ1v) is 6.15. The summed E-state index contributed by atoms with van der Waals surface area (Å²) in [6.07, 6.45) is 2.49. The van der Waals surface area contributed by atoms with Crippen molar-refractivity contribution in [1.29, 1.82) is 0 Å². The van der Waals surface area contributed by atoms with Crippen molar-refractivity contribution in [2.45, 2.75) is 33.2 Å². The predicted octanol–water partition coefficient (Wildman–Crippen LogP) is 2.39. The van der Waals surface area contributed by atoms with E-state index in [-0.39, 0.29) is 0 Å². The highest BCUT2D eigenvalue weighted by atomic mass is 14.8. The lowest BCUT2D eigenvalue weighted by Crippen LogP contribution is -2.17. The van der Waals surface area contributed by atoms with Crippen LogP contribution in [0.5, 0.6) is 0 Å². The SMILES string of the molecule is CNCCCCNCc1ccc(C)cc1C. The van der Waals surface area contributed by atoms with Gasteiger partial charge < -0.3 is 10.6 Å². The van der Waals surface area contributed by atoms with Crippen molar-refractivity contribution in [3.8, 4) is 0 Å². The molecule has 0 aliphatic rings. The summed E-state index contributed by atoms with van der Waals surface area (Å²) in [6, 6.07) is 6.66. The molecule has 0 heterocycles. The van der Waals surface area contributed by atoms with Crippen molar-refractivity contribution < 1.29 is 0 Å². The zero-order chi connectivity index (χ0) is 11.8. The molecule has 2 N–H and O–H groups in total. The van der Waals surface area contributed by atoms with Crippen LogP contribution < -0.4 is 10.6 Å². The van der Waals surface area contributed by atoms with Crippen LogP contribution in [0, 0.1) is 13.8 Å². The number of hydrogen-bond donors (Lipinski definition) is 2. The van der Waals surface area contributed by atoms with Gasteiger partial charge in [0.25, 0.3) is 0 Å². The Hall–Kier alpha value is -0.860. The Morgan fingerprint density at radius 1 is 1.06 bits per heavy atom. The molecule has 1 aromatic rings. The van der Waals surface area contributed by atoms with Crippen LogP contribution >= 0.6 is 0 Å². The summed E-state index contributed by atoms with van der Waals surface area (Å²) < 4.78 is 0. The first-order valence-electron chi connectivity index (χ1n) is 6.15. The van der Waals surface area contributed by atoms with Crippen LogP contribution in [-0.4, -0.2) is 20.1 Å². The molecule has 0 radical (unpaired) electrons. The van der Waals surface area contributed by atoms with Crippen molar-refractivity contribution in [1.82, 2.24) is 10.6 Å². The van der Waals surface area contributed by atoms with Crippen LogP contribution in [0.2, 0.25) is 0 Å². The molecule has 0 unspecified atom stereocenters. The second-order valence-corrected chi connectivity index (χ2v) is 4.42. The Morgan fingerprint density at radius 2 is 1.81 bits per heavy atom. The molecule has 0 saturated heterocycles. The molecule has 0 aromatic heterocycles. The highest BCUT2D eigenvalue weighted by Crippen LogP contribution is 2.09. The average Bonchev–Trinajstić information content (AvgIpc) is 2.26. The molecule has 0 atom stereocenters. The number of hydrogen-bond acceptors (Lipinski definition) is 2. The van der Waals surface area contributed by atoms with Crippen LogP contribution in [0.15, 0.2) is 18.2 Å². The van der Waals surface area contributed by atoms with Gasteiger partial charge in [0.2, 0.25) is 0 Å². The summed E-state index contributed by atoms with van der Waals surface area (Å²) in [5.41, 5.74) is 4.15. The quantitative estimate of drug-likeness (QED) is 0.690. The molecule has 2 heteroatoms. The molecule has 0 aliphatic heterocycles. The lowest BCUT2D eigenvalue weighted by molar-refractivity contribution is 0.604. The van der Waals surface area contributed by atoms with E-state index in [1.54, 1.807) is 0 Å². The van der Waals surface area contributed by atoms with Crippen LogP contribution in [-0.2, 0) is 6.54 Å². The van der Waals surface area contributed by atoms with Gasteiger partial charge in [0.05, 0.1) is 0 Å². The molecule has 0 spiro atoms. The van der Waals surface area contributed by atoms with Gasteiger partial charge in [-0.3, -0.25) is 0 Å². The van der Waals surface area contributed by atoms with E-state index in [1.165, 1.54) is 29.5 Å². The van der Waals surface area contributed by atoms with Crippen LogP contribution in [0.25, 0.3) is 0 Å². The van der Waals surface area contributed by atoms with Gasteiger partial charge in [-0.2, -0.15) is 0 Å². The third-order valence-corrected chi connectivity index (χ3v) is 2.84. The van der Waals surface area contributed by atoms with Crippen molar-refractivity contribution in [3.05, 3.63) is 34.9 Å². The summed E-state index contributed by atoms with van der Waals surface area (Å²) >= 11 is 0. The minimum absolute atomic E-state index is 0.992. The lowest BCUT2D eigenvalue weighted by Gasteiger charge is -2.08. The third kappa shape index (κ3) is 4.77. The second kappa shape index (κ2) is 7.42. The van der Waals surface area contributed by atoms with Crippen LogP contribution in [0.1, 0.15) is 29.5 Å². The van der Waals surface area contributed by atoms with E-state index in [2.05, 4.69) is 42.7 Å². The zero-order valence-electron chi connectivity index (χ0n) is 10.8. The maximum absolute atomic E-state index is 3.49. The Balaban J connectivity index is 2.21. The highest BCUT2D eigenvalue weighted by Gasteiger charge is 1.97. The monoisotopic (exact) mass is 220 g/mol. The molecule has 1 aromatic carbocycles. The molecule has 0 saturated carbocycles. The molecule has 16 heavy (non-hydrogen) atoms. The summed E-state index contributed by atoms with van der Waals surface area (Å²) in [4.78, 5) is 0. The van der Waals surface area contributed by atoms with Gasteiger partial charge in [-0.25, -0.2) is 0 Å². The number of aryl methyl sites for hydroxylation is 2. The minimum atomic E-state index is 0.992. The fourth-order valence-corrected chi connectivity index (χ4v) is 1.82. The number of unbranched alkanes of at least 4 members (excludes halogenated alkanes) is 1. The van der Waals surface area contributed by atoms with Crippen molar-refractivity contribution in [2.24, 2.45) is 0 Å². The lowest BCUT2D eigenvalue weighted by atomic mass is 10.1. The Morgan fingerprint density at radius 3 is 2.50 bits per heavy atom. The Kier molecular flexibility index (Phi) is 6.12. The van der Waals surface area contributed by atoms with Crippen LogP contribution in [0.4, 0.5) is 0 Å². The Labute approximate surface area is 99.5 Å². The summed E-state index contributed by atoms with van der Waals surface area (Å²) in [6.45, 7) is 7.54. The van der Waals surface area contributed by atoms with E-state index < -0.39 is 0 Å². The molecule has 90 valence electrons. The van der Waals surface area contributed by atoms with E-state index in [1.807, 2.05) is 7.05 Å². The summed E-state index contributed by atoms with van der Waals surface area (Å²) in [7, 11) is 2.00. The van der Waals surface area contributed by atoms with Gasteiger partial charge in [0, 0.05) is 6.54 Å². The average molecular weight is 220 g/mol. The first kappa shape index (κ1) is 13.2. The highest BCUT2D eigenvalue weighted by molar-refractivity contribution is 5.30. The van der Waals surface area contributed by atoms with E-state index in [9.17, 15) is 0 Å². The van der Waals surface area contributed by atoms with E-state index in [0.717, 1.165) is 19.6 Å². The number of benzene rings is 1. The summed E-state index contributed by atoms with van der Waals surface area (Å²) in [5, 5.41) is 6.66. The Bertz CT molecular complexity index is 308. The number of rotatable bonds is 7. The molecule has 2 nitrogen and oxygen atoms in total. The normalized spacial score (nSPS) is 10.7. The fraction of sp³-hybridized carbons (Fsp3) is 0.571. The fourth-order valence-electron chi connectivity index (χ4n) is 1.82. The molecular weight excluding hydrogens is 196 g/mol. The maximum atomic E-state index is 3.49. The second-order valence-electron chi connectivity index (χ2n) is 4.42. The topological polar surface area (TPSA) is 24.1 Å².